The summed E-state index contributed by atoms with van der Waals surface area (Å²) in [6.07, 6.45) is 3.51. The molecule has 1 N–H and O–H groups in total. The topological polar surface area (TPSA) is 66.8 Å². The molecule has 0 radical (unpaired) electrons. The average Bonchev–Trinajstić information content (AvgIpc) is 3.09. The first-order chi connectivity index (χ1) is 12.2. The van der Waals surface area contributed by atoms with Crippen LogP contribution < -0.4 is 5.32 Å². The van der Waals surface area contributed by atoms with Gasteiger partial charge in [0, 0.05) is 38.0 Å². The van der Waals surface area contributed by atoms with E-state index in [0.29, 0.717) is 6.61 Å². The lowest BCUT2D eigenvalue weighted by molar-refractivity contribution is -0.149. The molecule has 0 aliphatic carbocycles. The summed E-state index contributed by atoms with van der Waals surface area (Å²) < 4.78 is 5.14. The Kier molecular flexibility index (Phi) is 8.18. The Morgan fingerprint density at radius 1 is 1.40 bits per heavy atom. The SMILES string of the molecule is CCNC(=NCCc1csc(CC)n1)N1CCC(C(=O)OCC)CC1. The maximum atomic E-state index is 11.9. The molecule has 2 heterocycles. The summed E-state index contributed by atoms with van der Waals surface area (Å²) in [6.45, 7) is 9.77. The highest BCUT2D eigenvalue weighted by Crippen LogP contribution is 2.19. The van der Waals surface area contributed by atoms with Crippen LogP contribution in [0.3, 0.4) is 0 Å². The van der Waals surface area contributed by atoms with Gasteiger partial charge in [-0.25, -0.2) is 4.98 Å². The zero-order chi connectivity index (χ0) is 18.1. The number of aromatic nitrogens is 1. The molecule has 1 aromatic rings. The quantitative estimate of drug-likeness (QED) is 0.456. The molecule has 0 bridgehead atoms. The van der Waals surface area contributed by atoms with Gasteiger partial charge in [-0.1, -0.05) is 6.92 Å². The van der Waals surface area contributed by atoms with E-state index in [9.17, 15) is 4.79 Å². The highest BCUT2D eigenvalue weighted by Gasteiger charge is 2.27. The van der Waals surface area contributed by atoms with Crippen LogP contribution in [-0.4, -0.2) is 54.6 Å². The number of esters is 1. The van der Waals surface area contributed by atoms with Crippen molar-refractivity contribution in [3.63, 3.8) is 0 Å². The Balaban J connectivity index is 1.86. The molecule has 6 nitrogen and oxygen atoms in total. The van der Waals surface area contributed by atoms with Crippen LogP contribution in [0.25, 0.3) is 0 Å². The van der Waals surface area contributed by atoms with E-state index in [1.807, 2.05) is 6.92 Å². The van der Waals surface area contributed by atoms with Gasteiger partial charge in [0.15, 0.2) is 5.96 Å². The van der Waals surface area contributed by atoms with Gasteiger partial charge in [0.25, 0.3) is 0 Å². The van der Waals surface area contributed by atoms with Crippen molar-refractivity contribution in [1.82, 2.24) is 15.2 Å². The van der Waals surface area contributed by atoms with Crippen molar-refractivity contribution in [3.05, 3.63) is 16.1 Å². The fraction of sp³-hybridized carbons (Fsp3) is 0.722. The van der Waals surface area contributed by atoms with Crippen molar-refractivity contribution in [3.8, 4) is 0 Å². The zero-order valence-electron chi connectivity index (χ0n) is 15.6. The van der Waals surface area contributed by atoms with Crippen molar-refractivity contribution in [2.75, 3.05) is 32.8 Å². The average molecular weight is 367 g/mol. The van der Waals surface area contributed by atoms with Crippen LogP contribution in [-0.2, 0) is 22.4 Å². The van der Waals surface area contributed by atoms with Gasteiger partial charge in [-0.2, -0.15) is 0 Å². The molecule has 0 unspecified atom stereocenters. The number of ether oxygens (including phenoxy) is 1. The van der Waals surface area contributed by atoms with E-state index in [4.69, 9.17) is 9.73 Å². The molecule has 0 spiro atoms. The Morgan fingerprint density at radius 2 is 2.16 bits per heavy atom. The van der Waals surface area contributed by atoms with E-state index in [2.05, 4.69) is 34.4 Å². The second-order valence-corrected chi connectivity index (χ2v) is 7.03. The number of hydrogen-bond acceptors (Lipinski definition) is 5. The largest absolute Gasteiger partial charge is 0.466 e. The molecule has 2 rings (SSSR count). The molecule has 0 atom stereocenters. The summed E-state index contributed by atoms with van der Waals surface area (Å²) >= 11 is 1.72. The zero-order valence-corrected chi connectivity index (χ0v) is 16.4. The van der Waals surface area contributed by atoms with Crippen LogP contribution in [0.5, 0.6) is 0 Å². The Hall–Kier alpha value is -1.63. The molecule has 7 heteroatoms. The predicted molar refractivity (Wildman–Crippen MR) is 102 cm³/mol. The molecule has 1 aliphatic rings. The van der Waals surface area contributed by atoms with Gasteiger partial charge in [-0.15, -0.1) is 11.3 Å². The Morgan fingerprint density at radius 3 is 2.76 bits per heavy atom. The third-order valence-electron chi connectivity index (χ3n) is 4.28. The van der Waals surface area contributed by atoms with Gasteiger partial charge < -0.3 is 15.0 Å². The minimum atomic E-state index is -0.0562. The summed E-state index contributed by atoms with van der Waals surface area (Å²) in [4.78, 5) is 23.5. The van der Waals surface area contributed by atoms with E-state index in [1.165, 1.54) is 5.01 Å². The number of carbonyl (C=O) groups is 1. The van der Waals surface area contributed by atoms with E-state index in [1.54, 1.807) is 11.3 Å². The molecular formula is C18H30N4O2S. The van der Waals surface area contributed by atoms with Crippen molar-refractivity contribution in [1.29, 1.82) is 0 Å². The maximum Gasteiger partial charge on any atom is 0.309 e. The molecule has 1 saturated heterocycles. The molecule has 0 aromatic carbocycles. The Bertz CT molecular complexity index is 565. The minimum absolute atomic E-state index is 0.0292. The molecule has 0 amide bonds. The van der Waals surface area contributed by atoms with Crippen LogP contribution in [0.2, 0.25) is 0 Å². The molecule has 0 saturated carbocycles. The number of aliphatic imine (C=N–C) groups is 1. The molecule has 1 aliphatic heterocycles. The summed E-state index contributed by atoms with van der Waals surface area (Å²) in [5, 5.41) is 6.68. The number of piperidine rings is 1. The third-order valence-corrected chi connectivity index (χ3v) is 5.32. The van der Waals surface area contributed by atoms with Gasteiger partial charge in [-0.05, 0) is 33.1 Å². The predicted octanol–water partition coefficient (Wildman–Crippen LogP) is 2.49. The molecule has 1 fully saturated rings. The number of nitrogens with zero attached hydrogens (tertiary/aromatic N) is 3. The molecule has 25 heavy (non-hydrogen) atoms. The lowest BCUT2D eigenvalue weighted by Gasteiger charge is -2.33. The van der Waals surface area contributed by atoms with Gasteiger partial charge in [0.05, 0.1) is 23.2 Å². The highest BCUT2D eigenvalue weighted by atomic mass is 32.1. The van der Waals surface area contributed by atoms with Crippen molar-refractivity contribution in [2.45, 2.75) is 46.5 Å². The summed E-state index contributed by atoms with van der Waals surface area (Å²) in [5.41, 5.74) is 1.13. The van der Waals surface area contributed by atoms with Crippen LogP contribution in [0.15, 0.2) is 10.4 Å². The second kappa shape index (κ2) is 10.4. The minimum Gasteiger partial charge on any atom is -0.466 e. The van der Waals surface area contributed by atoms with Gasteiger partial charge in [0.1, 0.15) is 0 Å². The van der Waals surface area contributed by atoms with E-state index in [-0.39, 0.29) is 11.9 Å². The third kappa shape index (κ3) is 5.99. The molecular weight excluding hydrogens is 336 g/mol. The number of thiazole rings is 1. The lowest BCUT2D eigenvalue weighted by atomic mass is 9.97. The number of carbonyl (C=O) groups excluding carboxylic acids is 1. The maximum absolute atomic E-state index is 11.9. The van der Waals surface area contributed by atoms with Gasteiger partial charge in [0.2, 0.25) is 0 Å². The summed E-state index contributed by atoms with van der Waals surface area (Å²) in [5.74, 6) is 0.914. The molecule has 140 valence electrons. The lowest BCUT2D eigenvalue weighted by Crippen LogP contribution is -2.46. The second-order valence-electron chi connectivity index (χ2n) is 6.09. The van der Waals surface area contributed by atoms with Crippen molar-refractivity contribution < 1.29 is 9.53 Å². The first kappa shape index (κ1) is 19.7. The van der Waals surface area contributed by atoms with E-state index >= 15 is 0 Å². The monoisotopic (exact) mass is 366 g/mol. The standard InChI is InChI=1S/C18H30N4O2S/c1-4-16-21-15(13-25-16)7-10-20-18(19-5-2)22-11-8-14(9-12-22)17(23)24-6-3/h13-14H,4-12H2,1-3H3,(H,19,20). The molecule has 1 aromatic heterocycles. The fourth-order valence-corrected chi connectivity index (χ4v) is 3.69. The normalized spacial score (nSPS) is 16.1. The number of hydrogen-bond donors (Lipinski definition) is 1. The number of guanidine groups is 1. The first-order valence-corrected chi connectivity index (χ1v) is 10.2. The summed E-state index contributed by atoms with van der Waals surface area (Å²) in [6, 6.07) is 0. The Labute approximate surface area is 154 Å². The van der Waals surface area contributed by atoms with Crippen molar-refractivity contribution in [2.24, 2.45) is 10.9 Å². The van der Waals surface area contributed by atoms with E-state index < -0.39 is 0 Å². The van der Waals surface area contributed by atoms with Gasteiger partial charge in [-0.3, -0.25) is 9.79 Å². The van der Waals surface area contributed by atoms with Crippen LogP contribution in [0, 0.1) is 5.92 Å². The highest BCUT2D eigenvalue weighted by molar-refractivity contribution is 7.09. The van der Waals surface area contributed by atoms with E-state index in [0.717, 1.165) is 63.5 Å². The number of nitrogens with one attached hydrogen (secondary N) is 1. The number of aryl methyl sites for hydroxylation is 1. The van der Waals surface area contributed by atoms with Gasteiger partial charge >= 0.3 is 5.97 Å². The number of rotatable bonds is 7. The fourth-order valence-electron chi connectivity index (χ4n) is 2.92. The van der Waals surface area contributed by atoms with Crippen LogP contribution in [0.4, 0.5) is 0 Å². The van der Waals surface area contributed by atoms with Crippen molar-refractivity contribution >= 4 is 23.3 Å². The number of likely N-dealkylation sites (tertiary alicyclic amines) is 1. The van der Waals surface area contributed by atoms with Crippen LogP contribution >= 0.6 is 11.3 Å². The smallest absolute Gasteiger partial charge is 0.309 e. The summed E-state index contributed by atoms with van der Waals surface area (Å²) in [7, 11) is 0. The first-order valence-electron chi connectivity index (χ1n) is 9.31. The van der Waals surface area contributed by atoms with Crippen LogP contribution in [0.1, 0.15) is 44.3 Å².